The number of anilines is 1. The number of carbonyl (C=O) groups excluding carboxylic acids is 1. The molecule has 0 bridgehead atoms. The first-order valence-corrected chi connectivity index (χ1v) is 7.18. The van der Waals surface area contributed by atoms with Gasteiger partial charge >= 0.3 is 0 Å². The summed E-state index contributed by atoms with van der Waals surface area (Å²) in [4.78, 5) is 25.6. The minimum Gasteiger partial charge on any atom is -0.280 e. The minimum atomic E-state index is 0.0858. The van der Waals surface area contributed by atoms with Crippen molar-refractivity contribution in [3.63, 3.8) is 0 Å². The van der Waals surface area contributed by atoms with Gasteiger partial charge < -0.3 is 0 Å². The summed E-state index contributed by atoms with van der Waals surface area (Å²) in [6, 6.07) is 0. The normalized spacial score (nSPS) is 20.5. The van der Waals surface area contributed by atoms with Crippen LogP contribution in [0.1, 0.15) is 6.42 Å². The average molecular weight is 303 g/mol. The van der Waals surface area contributed by atoms with Gasteiger partial charge in [-0.2, -0.15) is 4.98 Å². The Kier molecular flexibility index (Phi) is 3.75. The van der Waals surface area contributed by atoms with Crippen molar-refractivity contribution in [2.75, 3.05) is 23.0 Å². The maximum atomic E-state index is 11.7. The lowest BCUT2D eigenvalue weighted by atomic mass is 10.2. The average Bonchev–Trinajstić information content (AvgIpc) is 2.71. The highest BCUT2D eigenvalue weighted by Crippen LogP contribution is 2.23. The van der Waals surface area contributed by atoms with Crippen LogP contribution in [-0.4, -0.2) is 39.0 Å². The summed E-state index contributed by atoms with van der Waals surface area (Å²) in [7, 11) is 0. The van der Waals surface area contributed by atoms with Gasteiger partial charge in [0.05, 0.1) is 0 Å². The minimum absolute atomic E-state index is 0.0858. The Hall–Kier alpha value is -0.690. The van der Waals surface area contributed by atoms with Crippen molar-refractivity contribution in [2.45, 2.75) is 11.6 Å². The zero-order chi connectivity index (χ0) is 11.5. The monoisotopic (exact) mass is 302 g/mol. The molecule has 7 heteroatoms. The smallest absolute Gasteiger partial charge is 0.236 e. The van der Waals surface area contributed by atoms with Gasteiger partial charge in [0.25, 0.3) is 0 Å². The van der Waals surface area contributed by atoms with Gasteiger partial charge in [-0.25, -0.2) is 9.97 Å². The zero-order valence-corrected chi connectivity index (χ0v) is 11.2. The molecule has 0 spiro atoms. The van der Waals surface area contributed by atoms with E-state index in [0.29, 0.717) is 30.0 Å². The van der Waals surface area contributed by atoms with Crippen molar-refractivity contribution >= 4 is 39.5 Å². The molecule has 1 aliphatic rings. The van der Waals surface area contributed by atoms with E-state index in [4.69, 9.17) is 0 Å². The molecule has 1 atom stereocenters. The highest BCUT2D eigenvalue weighted by atomic mass is 79.9. The third-order valence-electron chi connectivity index (χ3n) is 2.38. The van der Waals surface area contributed by atoms with E-state index in [0.717, 1.165) is 5.33 Å². The van der Waals surface area contributed by atoms with Crippen LogP contribution in [0.25, 0.3) is 0 Å². The van der Waals surface area contributed by atoms with Crippen LogP contribution in [0.3, 0.4) is 0 Å². The number of thioether (sulfide) groups is 1. The summed E-state index contributed by atoms with van der Waals surface area (Å²) in [5.74, 6) is 0.900. The second-order valence-electron chi connectivity index (χ2n) is 3.50. The van der Waals surface area contributed by atoms with Gasteiger partial charge in [0, 0.05) is 18.3 Å². The number of carbonyl (C=O) groups is 1. The van der Waals surface area contributed by atoms with Crippen molar-refractivity contribution < 1.29 is 4.79 Å². The van der Waals surface area contributed by atoms with Crippen LogP contribution in [0, 0.1) is 5.92 Å². The Labute approximate surface area is 106 Å². The number of aromatic nitrogens is 3. The van der Waals surface area contributed by atoms with Crippen molar-refractivity contribution in [3.8, 4) is 0 Å². The Morgan fingerprint density at radius 1 is 1.62 bits per heavy atom. The molecule has 1 aromatic heterocycles. The molecular formula is C9H11BrN4OS. The van der Waals surface area contributed by atoms with Crippen LogP contribution in [0.15, 0.2) is 11.5 Å². The van der Waals surface area contributed by atoms with Crippen LogP contribution in [-0.2, 0) is 4.79 Å². The second kappa shape index (κ2) is 5.09. The van der Waals surface area contributed by atoms with Crippen molar-refractivity contribution in [3.05, 3.63) is 6.33 Å². The van der Waals surface area contributed by atoms with Crippen LogP contribution in [0.4, 0.5) is 5.95 Å². The summed E-state index contributed by atoms with van der Waals surface area (Å²) in [5, 5.41) is 1.47. The Morgan fingerprint density at radius 3 is 3.06 bits per heavy atom. The fourth-order valence-corrected chi connectivity index (χ4v) is 2.34. The quantitative estimate of drug-likeness (QED) is 0.623. The Balaban J connectivity index is 2.20. The van der Waals surface area contributed by atoms with Crippen LogP contribution < -0.4 is 4.90 Å². The summed E-state index contributed by atoms with van der Waals surface area (Å²) >= 11 is 4.84. The summed E-state index contributed by atoms with van der Waals surface area (Å²) < 4.78 is 0. The van der Waals surface area contributed by atoms with Gasteiger partial charge in [-0.1, -0.05) is 27.7 Å². The molecular weight excluding hydrogens is 292 g/mol. The Morgan fingerprint density at radius 2 is 2.44 bits per heavy atom. The fraction of sp³-hybridized carbons (Fsp3) is 0.556. The molecule has 1 aromatic rings. The van der Waals surface area contributed by atoms with E-state index in [-0.39, 0.29) is 5.91 Å². The first kappa shape index (κ1) is 11.8. The predicted molar refractivity (Wildman–Crippen MR) is 65.9 cm³/mol. The van der Waals surface area contributed by atoms with Gasteiger partial charge in [0.15, 0.2) is 5.16 Å². The molecule has 0 aromatic carbocycles. The molecule has 2 rings (SSSR count). The maximum Gasteiger partial charge on any atom is 0.236 e. The first-order chi connectivity index (χ1) is 7.74. The standard InChI is InChI=1S/C9H11BrN4OS/c1-16-9-12-5-11-8(13-9)14-4-6(3-10)2-7(14)15/h5-6H,2-4H2,1H3. The van der Waals surface area contributed by atoms with E-state index < -0.39 is 0 Å². The van der Waals surface area contributed by atoms with E-state index in [9.17, 15) is 4.79 Å². The van der Waals surface area contributed by atoms with Crippen LogP contribution >= 0.6 is 27.7 Å². The highest BCUT2D eigenvalue weighted by Gasteiger charge is 2.31. The summed E-state index contributed by atoms with van der Waals surface area (Å²) in [5.41, 5.74) is 0. The number of hydrogen-bond donors (Lipinski definition) is 0. The molecule has 1 fully saturated rings. The van der Waals surface area contributed by atoms with E-state index in [1.807, 2.05) is 6.26 Å². The number of halogens is 1. The third kappa shape index (κ3) is 2.35. The molecule has 1 unspecified atom stereocenters. The number of hydrogen-bond acceptors (Lipinski definition) is 5. The van der Waals surface area contributed by atoms with Gasteiger partial charge in [0.1, 0.15) is 6.33 Å². The third-order valence-corrected chi connectivity index (χ3v) is 3.86. The Bertz CT molecular complexity index is 403. The van der Waals surface area contributed by atoms with Gasteiger partial charge in [-0.05, 0) is 12.2 Å². The van der Waals surface area contributed by atoms with E-state index in [1.165, 1.54) is 18.1 Å². The van der Waals surface area contributed by atoms with Crippen molar-refractivity contribution in [2.24, 2.45) is 5.92 Å². The molecule has 0 aliphatic carbocycles. The summed E-state index contributed by atoms with van der Waals surface area (Å²) in [6.07, 6.45) is 3.90. The molecule has 0 saturated carbocycles. The molecule has 5 nitrogen and oxygen atoms in total. The van der Waals surface area contributed by atoms with Crippen molar-refractivity contribution in [1.29, 1.82) is 0 Å². The molecule has 1 aliphatic heterocycles. The second-order valence-corrected chi connectivity index (χ2v) is 4.92. The van der Waals surface area contributed by atoms with Crippen LogP contribution in [0.2, 0.25) is 0 Å². The number of rotatable bonds is 3. The molecule has 2 heterocycles. The SMILES string of the molecule is CSc1ncnc(N2CC(CBr)CC2=O)n1. The highest BCUT2D eigenvalue weighted by molar-refractivity contribution is 9.09. The summed E-state index contributed by atoms with van der Waals surface area (Å²) in [6.45, 7) is 0.682. The van der Waals surface area contributed by atoms with Gasteiger partial charge in [-0.15, -0.1) is 0 Å². The maximum absolute atomic E-state index is 11.7. The lowest BCUT2D eigenvalue weighted by Crippen LogP contribution is -2.27. The number of nitrogens with zero attached hydrogens (tertiary/aromatic N) is 4. The first-order valence-electron chi connectivity index (χ1n) is 4.84. The van der Waals surface area contributed by atoms with Gasteiger partial charge in [-0.3, -0.25) is 9.69 Å². The lowest BCUT2D eigenvalue weighted by molar-refractivity contribution is -0.117. The van der Waals surface area contributed by atoms with Crippen LogP contribution in [0.5, 0.6) is 0 Å². The van der Waals surface area contributed by atoms with E-state index >= 15 is 0 Å². The predicted octanol–water partition coefficient (Wildman–Crippen LogP) is 1.34. The number of amides is 1. The number of alkyl halides is 1. The largest absolute Gasteiger partial charge is 0.280 e. The molecule has 1 saturated heterocycles. The molecule has 0 radical (unpaired) electrons. The molecule has 0 N–H and O–H groups in total. The van der Waals surface area contributed by atoms with Gasteiger partial charge in [0.2, 0.25) is 11.9 Å². The zero-order valence-electron chi connectivity index (χ0n) is 8.76. The molecule has 16 heavy (non-hydrogen) atoms. The lowest BCUT2D eigenvalue weighted by Gasteiger charge is -2.13. The van der Waals surface area contributed by atoms with Crippen molar-refractivity contribution in [1.82, 2.24) is 15.0 Å². The topological polar surface area (TPSA) is 59.0 Å². The molecule has 86 valence electrons. The van der Waals surface area contributed by atoms with E-state index in [2.05, 4.69) is 30.9 Å². The molecule has 1 amide bonds. The fourth-order valence-electron chi connectivity index (χ4n) is 1.58. The van der Waals surface area contributed by atoms with E-state index in [1.54, 1.807) is 4.90 Å².